The first-order valence-electron chi connectivity index (χ1n) is 5.74. The Labute approximate surface area is 96.1 Å². The first-order valence-corrected chi connectivity index (χ1v) is 5.74. The molecule has 0 spiro atoms. The van der Waals surface area contributed by atoms with Gasteiger partial charge in [0.15, 0.2) is 0 Å². The Morgan fingerprint density at radius 3 is 2.69 bits per heavy atom. The highest BCUT2D eigenvalue weighted by Gasteiger charge is 2.21. The third-order valence-electron chi connectivity index (χ3n) is 3.22. The summed E-state index contributed by atoms with van der Waals surface area (Å²) in [6, 6.07) is 17.7. The van der Waals surface area contributed by atoms with Crippen molar-refractivity contribution in [2.24, 2.45) is 0 Å². The highest BCUT2D eigenvalue weighted by atomic mass is 14.9. The molecule has 1 aliphatic heterocycles. The van der Waals surface area contributed by atoms with Crippen molar-refractivity contribution < 1.29 is 0 Å². The number of nitrogens with one attached hydrogen (secondary N) is 1. The number of anilines is 1. The summed E-state index contributed by atoms with van der Waals surface area (Å²) in [6.07, 6.45) is 1.10. The molecule has 1 aliphatic rings. The van der Waals surface area contributed by atoms with E-state index in [1.807, 2.05) is 0 Å². The van der Waals surface area contributed by atoms with Crippen molar-refractivity contribution in [2.45, 2.75) is 19.4 Å². The van der Waals surface area contributed by atoms with Crippen molar-refractivity contribution in [3.63, 3.8) is 0 Å². The van der Waals surface area contributed by atoms with Gasteiger partial charge in [-0.15, -0.1) is 0 Å². The first-order chi connectivity index (χ1) is 7.83. The summed E-state index contributed by atoms with van der Waals surface area (Å²) in [5, 5.41) is 3.58. The lowest BCUT2D eigenvalue weighted by atomic mass is 10.0. The maximum absolute atomic E-state index is 3.58. The average Bonchev–Trinajstić information content (AvgIpc) is 2.73. The third kappa shape index (κ3) is 1.58. The Bertz CT molecular complexity index is 502. The molecule has 1 heteroatoms. The van der Waals surface area contributed by atoms with Gasteiger partial charge >= 0.3 is 0 Å². The number of hydrogen-bond acceptors (Lipinski definition) is 1. The van der Waals surface area contributed by atoms with E-state index in [0.29, 0.717) is 6.04 Å². The summed E-state index contributed by atoms with van der Waals surface area (Å²) in [4.78, 5) is 0. The van der Waals surface area contributed by atoms with Crippen LogP contribution in [0.2, 0.25) is 0 Å². The molecule has 2 aromatic carbocycles. The van der Waals surface area contributed by atoms with E-state index in [0.717, 1.165) is 6.42 Å². The smallest absolute Gasteiger partial charge is 0.0555 e. The molecule has 0 amide bonds. The van der Waals surface area contributed by atoms with Crippen LogP contribution >= 0.6 is 0 Å². The molecule has 1 heterocycles. The summed E-state index contributed by atoms with van der Waals surface area (Å²) in [5.74, 6) is 0. The number of hydrogen-bond donors (Lipinski definition) is 1. The molecule has 0 aromatic heterocycles. The van der Waals surface area contributed by atoms with E-state index >= 15 is 0 Å². The molecule has 0 bridgehead atoms. The van der Waals surface area contributed by atoms with Gasteiger partial charge in [-0.2, -0.15) is 0 Å². The standard InChI is InChI=1S/C15H15N/c1-11-7-8-14-13(9-11)10-15(16-14)12-5-3-2-4-6-12/h2-9,15-16H,10H2,1H3/t15-/m1/s1. The van der Waals surface area contributed by atoms with Crippen LogP contribution in [0.5, 0.6) is 0 Å². The highest BCUT2D eigenvalue weighted by molar-refractivity contribution is 5.59. The van der Waals surface area contributed by atoms with Gasteiger partial charge in [0.2, 0.25) is 0 Å². The SMILES string of the molecule is Cc1ccc2c(c1)C[C@H](c1ccccc1)N2. The van der Waals surface area contributed by atoms with Gasteiger partial charge in [0.1, 0.15) is 0 Å². The predicted octanol–water partition coefficient (Wildman–Crippen LogP) is 3.70. The van der Waals surface area contributed by atoms with Gasteiger partial charge < -0.3 is 5.32 Å². The second-order valence-electron chi connectivity index (χ2n) is 4.47. The van der Waals surface area contributed by atoms with E-state index in [1.165, 1.54) is 22.4 Å². The summed E-state index contributed by atoms with van der Waals surface area (Å²) in [5.41, 5.74) is 5.44. The fourth-order valence-corrected chi connectivity index (χ4v) is 2.38. The molecule has 1 N–H and O–H groups in total. The molecular formula is C15H15N. The van der Waals surface area contributed by atoms with Gasteiger partial charge in [0.25, 0.3) is 0 Å². The van der Waals surface area contributed by atoms with Crippen LogP contribution in [0.1, 0.15) is 22.7 Å². The summed E-state index contributed by atoms with van der Waals surface area (Å²) < 4.78 is 0. The molecule has 0 unspecified atom stereocenters. The quantitative estimate of drug-likeness (QED) is 0.755. The molecule has 80 valence electrons. The van der Waals surface area contributed by atoms with Gasteiger partial charge in [-0.05, 0) is 30.5 Å². The van der Waals surface area contributed by atoms with Crippen LogP contribution in [-0.2, 0) is 6.42 Å². The summed E-state index contributed by atoms with van der Waals surface area (Å²) in [6.45, 7) is 2.15. The number of benzene rings is 2. The zero-order valence-corrected chi connectivity index (χ0v) is 9.40. The molecule has 2 aromatic rings. The van der Waals surface area contributed by atoms with Crippen molar-refractivity contribution in [2.75, 3.05) is 5.32 Å². The number of aryl methyl sites for hydroxylation is 1. The third-order valence-corrected chi connectivity index (χ3v) is 3.22. The van der Waals surface area contributed by atoms with E-state index in [-0.39, 0.29) is 0 Å². The maximum Gasteiger partial charge on any atom is 0.0555 e. The fraction of sp³-hybridized carbons (Fsp3) is 0.200. The van der Waals surface area contributed by atoms with Gasteiger partial charge in [0.05, 0.1) is 6.04 Å². The van der Waals surface area contributed by atoms with Crippen molar-refractivity contribution in [1.82, 2.24) is 0 Å². The zero-order chi connectivity index (χ0) is 11.0. The molecule has 16 heavy (non-hydrogen) atoms. The molecule has 1 atom stereocenters. The number of fused-ring (bicyclic) bond motifs is 1. The van der Waals surface area contributed by atoms with Crippen molar-refractivity contribution >= 4 is 5.69 Å². The van der Waals surface area contributed by atoms with Gasteiger partial charge in [-0.25, -0.2) is 0 Å². The largest absolute Gasteiger partial charge is 0.378 e. The molecule has 1 nitrogen and oxygen atoms in total. The van der Waals surface area contributed by atoms with Crippen LogP contribution in [0.3, 0.4) is 0 Å². The van der Waals surface area contributed by atoms with Crippen molar-refractivity contribution in [3.05, 3.63) is 65.2 Å². The molecule has 0 aliphatic carbocycles. The zero-order valence-electron chi connectivity index (χ0n) is 9.40. The van der Waals surface area contributed by atoms with Crippen LogP contribution < -0.4 is 5.32 Å². The lowest BCUT2D eigenvalue weighted by Gasteiger charge is -2.10. The van der Waals surface area contributed by atoms with Crippen molar-refractivity contribution in [3.8, 4) is 0 Å². The van der Waals surface area contributed by atoms with E-state index in [2.05, 4.69) is 60.8 Å². The summed E-state index contributed by atoms with van der Waals surface area (Å²) >= 11 is 0. The van der Waals surface area contributed by atoms with Crippen LogP contribution in [0.15, 0.2) is 48.5 Å². The Hall–Kier alpha value is -1.76. The summed E-state index contributed by atoms with van der Waals surface area (Å²) in [7, 11) is 0. The van der Waals surface area contributed by atoms with Gasteiger partial charge in [0, 0.05) is 5.69 Å². The van der Waals surface area contributed by atoms with E-state index in [9.17, 15) is 0 Å². The number of rotatable bonds is 1. The lowest BCUT2D eigenvalue weighted by molar-refractivity contribution is 0.824. The van der Waals surface area contributed by atoms with E-state index in [1.54, 1.807) is 0 Å². The predicted molar refractivity (Wildman–Crippen MR) is 67.7 cm³/mol. The molecule has 0 saturated heterocycles. The maximum atomic E-state index is 3.58. The lowest BCUT2D eigenvalue weighted by Crippen LogP contribution is -2.04. The Morgan fingerprint density at radius 1 is 1.06 bits per heavy atom. The Morgan fingerprint density at radius 2 is 1.88 bits per heavy atom. The van der Waals surface area contributed by atoms with Gasteiger partial charge in [-0.1, -0.05) is 48.0 Å². The molecule has 0 saturated carbocycles. The fourth-order valence-electron chi connectivity index (χ4n) is 2.38. The minimum Gasteiger partial charge on any atom is -0.378 e. The first kappa shape index (κ1) is 9.46. The molecule has 0 radical (unpaired) electrons. The Kier molecular flexibility index (Phi) is 2.17. The average molecular weight is 209 g/mol. The Balaban J connectivity index is 1.91. The second kappa shape index (κ2) is 3.67. The highest BCUT2D eigenvalue weighted by Crippen LogP contribution is 2.34. The second-order valence-corrected chi connectivity index (χ2v) is 4.47. The molecule has 3 rings (SSSR count). The van der Waals surface area contributed by atoms with Crippen LogP contribution in [0.25, 0.3) is 0 Å². The monoisotopic (exact) mass is 209 g/mol. The minimum absolute atomic E-state index is 0.443. The molecular weight excluding hydrogens is 194 g/mol. The van der Waals surface area contributed by atoms with E-state index in [4.69, 9.17) is 0 Å². The topological polar surface area (TPSA) is 12.0 Å². The van der Waals surface area contributed by atoms with E-state index < -0.39 is 0 Å². The van der Waals surface area contributed by atoms with Crippen LogP contribution in [0.4, 0.5) is 5.69 Å². The normalized spacial score (nSPS) is 17.9. The van der Waals surface area contributed by atoms with Crippen LogP contribution in [0, 0.1) is 6.92 Å². The van der Waals surface area contributed by atoms with Crippen LogP contribution in [-0.4, -0.2) is 0 Å². The van der Waals surface area contributed by atoms with Crippen molar-refractivity contribution in [1.29, 1.82) is 0 Å². The minimum atomic E-state index is 0.443. The van der Waals surface area contributed by atoms with Gasteiger partial charge in [-0.3, -0.25) is 0 Å². The molecule has 0 fully saturated rings.